The summed E-state index contributed by atoms with van der Waals surface area (Å²) in [6.07, 6.45) is 2.39. The molecule has 0 bridgehead atoms. The number of ether oxygens (including phenoxy) is 1. The number of imidazole rings is 1. The van der Waals surface area contributed by atoms with Gasteiger partial charge in [0.2, 0.25) is 5.91 Å². The number of thioether (sulfide) groups is 1. The molecule has 0 aromatic carbocycles. The first-order valence-corrected chi connectivity index (χ1v) is 8.91. The van der Waals surface area contributed by atoms with Crippen LogP contribution in [0.2, 0.25) is 0 Å². The molecule has 1 N–H and O–H groups in total. The van der Waals surface area contributed by atoms with Crippen LogP contribution in [0.5, 0.6) is 0 Å². The summed E-state index contributed by atoms with van der Waals surface area (Å²) in [5.41, 5.74) is 2.08. The van der Waals surface area contributed by atoms with Crippen LogP contribution in [0.3, 0.4) is 0 Å². The van der Waals surface area contributed by atoms with Crippen LogP contribution in [0.4, 0.5) is 4.79 Å². The standard InChI is InChI=1S/C15H22N4O3S/c1-10-11(2)19(8-12-4-3-7-22-12)15(17-10)23-9-13(20)18-6-5-16-14(18)21/h12H,3-9H2,1-2H3,(H,16,21). The van der Waals surface area contributed by atoms with Crippen LogP contribution in [0.1, 0.15) is 24.2 Å². The van der Waals surface area contributed by atoms with Gasteiger partial charge in [-0.05, 0) is 26.7 Å². The molecule has 2 fully saturated rings. The number of nitrogens with zero attached hydrogens (tertiary/aromatic N) is 3. The van der Waals surface area contributed by atoms with E-state index >= 15 is 0 Å². The summed E-state index contributed by atoms with van der Waals surface area (Å²) in [5, 5.41) is 3.46. The minimum absolute atomic E-state index is 0.174. The molecular weight excluding hydrogens is 316 g/mol. The molecule has 0 spiro atoms. The van der Waals surface area contributed by atoms with E-state index in [2.05, 4.69) is 14.9 Å². The molecule has 3 rings (SSSR count). The van der Waals surface area contributed by atoms with Crippen molar-refractivity contribution in [3.8, 4) is 0 Å². The average molecular weight is 338 g/mol. The van der Waals surface area contributed by atoms with Crippen LogP contribution < -0.4 is 5.32 Å². The second-order valence-corrected chi connectivity index (χ2v) is 6.82. The lowest BCUT2D eigenvalue weighted by Crippen LogP contribution is -2.35. The van der Waals surface area contributed by atoms with E-state index in [9.17, 15) is 9.59 Å². The molecule has 1 aromatic heterocycles. The maximum atomic E-state index is 12.2. The molecule has 1 atom stereocenters. The number of hydrogen-bond donors (Lipinski definition) is 1. The highest BCUT2D eigenvalue weighted by molar-refractivity contribution is 7.99. The fourth-order valence-electron chi connectivity index (χ4n) is 2.85. The fraction of sp³-hybridized carbons (Fsp3) is 0.667. The van der Waals surface area contributed by atoms with Gasteiger partial charge in [0, 0.05) is 25.4 Å². The summed E-state index contributed by atoms with van der Waals surface area (Å²) >= 11 is 1.39. The lowest BCUT2D eigenvalue weighted by molar-refractivity contribution is -0.124. The van der Waals surface area contributed by atoms with E-state index in [1.54, 1.807) is 0 Å². The fourth-order valence-corrected chi connectivity index (χ4v) is 3.83. The number of amides is 3. The Hall–Kier alpha value is -1.54. The van der Waals surface area contributed by atoms with Gasteiger partial charge in [0.15, 0.2) is 5.16 Å². The average Bonchev–Trinajstić information content (AvgIpc) is 3.23. The van der Waals surface area contributed by atoms with E-state index in [4.69, 9.17) is 4.74 Å². The number of rotatable bonds is 5. The number of hydrogen-bond acceptors (Lipinski definition) is 5. The van der Waals surface area contributed by atoms with Crippen LogP contribution in [0, 0.1) is 13.8 Å². The monoisotopic (exact) mass is 338 g/mol. The highest BCUT2D eigenvalue weighted by Crippen LogP contribution is 2.24. The molecule has 2 aliphatic rings. The largest absolute Gasteiger partial charge is 0.376 e. The minimum Gasteiger partial charge on any atom is -0.376 e. The quantitative estimate of drug-likeness (QED) is 0.820. The van der Waals surface area contributed by atoms with Crippen molar-refractivity contribution in [3.63, 3.8) is 0 Å². The number of nitrogens with one attached hydrogen (secondary N) is 1. The van der Waals surface area contributed by atoms with Crippen molar-refractivity contribution in [1.82, 2.24) is 19.8 Å². The highest BCUT2D eigenvalue weighted by Gasteiger charge is 2.27. The Balaban J connectivity index is 1.66. The molecule has 2 saturated heterocycles. The molecule has 7 nitrogen and oxygen atoms in total. The molecule has 126 valence electrons. The lowest BCUT2D eigenvalue weighted by atomic mass is 10.2. The zero-order valence-corrected chi connectivity index (χ0v) is 14.3. The molecule has 8 heteroatoms. The number of carbonyl (C=O) groups is 2. The molecule has 2 aliphatic heterocycles. The third-order valence-electron chi connectivity index (χ3n) is 4.32. The van der Waals surface area contributed by atoms with Gasteiger partial charge < -0.3 is 14.6 Å². The third-order valence-corrected chi connectivity index (χ3v) is 5.28. The second kappa shape index (κ2) is 6.92. The molecule has 0 radical (unpaired) electrons. The number of imide groups is 1. The summed E-state index contributed by atoms with van der Waals surface area (Å²) < 4.78 is 7.84. The summed E-state index contributed by atoms with van der Waals surface area (Å²) in [5.74, 6) is 0.0430. The molecule has 0 aliphatic carbocycles. The van der Waals surface area contributed by atoms with Gasteiger partial charge in [0.05, 0.1) is 24.1 Å². The summed E-state index contributed by atoms with van der Waals surface area (Å²) in [6, 6.07) is -0.300. The number of carbonyl (C=O) groups excluding carboxylic acids is 2. The summed E-state index contributed by atoms with van der Waals surface area (Å²) in [4.78, 5) is 29.5. The van der Waals surface area contributed by atoms with Crippen molar-refractivity contribution in [2.24, 2.45) is 0 Å². The van der Waals surface area contributed by atoms with Gasteiger partial charge in [-0.25, -0.2) is 9.78 Å². The van der Waals surface area contributed by atoms with Crippen molar-refractivity contribution in [3.05, 3.63) is 11.4 Å². The Kier molecular flexibility index (Phi) is 4.91. The Bertz CT molecular complexity index is 610. The van der Waals surface area contributed by atoms with E-state index in [0.29, 0.717) is 13.1 Å². The molecule has 1 unspecified atom stereocenters. The lowest BCUT2D eigenvalue weighted by Gasteiger charge is -2.15. The first kappa shape index (κ1) is 16.3. The van der Waals surface area contributed by atoms with E-state index in [1.165, 1.54) is 16.7 Å². The van der Waals surface area contributed by atoms with Gasteiger partial charge in [-0.1, -0.05) is 11.8 Å². The maximum Gasteiger partial charge on any atom is 0.324 e. The van der Waals surface area contributed by atoms with Crippen molar-refractivity contribution < 1.29 is 14.3 Å². The summed E-state index contributed by atoms with van der Waals surface area (Å²) in [7, 11) is 0. The molecule has 0 saturated carbocycles. The van der Waals surface area contributed by atoms with Gasteiger partial charge in [-0.2, -0.15) is 0 Å². The van der Waals surface area contributed by atoms with E-state index < -0.39 is 0 Å². The predicted octanol–water partition coefficient (Wildman–Crippen LogP) is 1.32. The third kappa shape index (κ3) is 3.53. The number of urea groups is 1. The predicted molar refractivity (Wildman–Crippen MR) is 86.5 cm³/mol. The number of aromatic nitrogens is 2. The molecule has 23 heavy (non-hydrogen) atoms. The molecule has 3 amide bonds. The SMILES string of the molecule is Cc1nc(SCC(=O)N2CCNC2=O)n(CC2CCCO2)c1C. The molecule has 1 aromatic rings. The van der Waals surface area contributed by atoms with Crippen molar-refractivity contribution in [1.29, 1.82) is 0 Å². The van der Waals surface area contributed by atoms with Crippen molar-refractivity contribution in [2.45, 2.75) is 44.5 Å². The Morgan fingerprint density at radius 2 is 2.30 bits per heavy atom. The van der Waals surface area contributed by atoms with Crippen LogP contribution in [-0.2, 0) is 16.1 Å². The Labute approximate surface area is 139 Å². The minimum atomic E-state index is -0.300. The van der Waals surface area contributed by atoms with Crippen LogP contribution in [0.15, 0.2) is 5.16 Å². The maximum absolute atomic E-state index is 12.2. The van der Waals surface area contributed by atoms with E-state index in [0.717, 1.165) is 42.5 Å². The summed E-state index contributed by atoms with van der Waals surface area (Å²) in [6.45, 7) is 6.58. The van der Waals surface area contributed by atoms with Crippen LogP contribution >= 0.6 is 11.8 Å². The van der Waals surface area contributed by atoms with Gasteiger partial charge in [-0.3, -0.25) is 9.69 Å². The van der Waals surface area contributed by atoms with Crippen molar-refractivity contribution in [2.75, 3.05) is 25.4 Å². The normalized spacial score (nSPS) is 21.0. The van der Waals surface area contributed by atoms with Crippen LogP contribution in [0.25, 0.3) is 0 Å². The van der Waals surface area contributed by atoms with Crippen LogP contribution in [-0.4, -0.2) is 57.9 Å². The first-order valence-electron chi connectivity index (χ1n) is 7.92. The smallest absolute Gasteiger partial charge is 0.324 e. The van der Waals surface area contributed by atoms with Gasteiger partial charge in [0.25, 0.3) is 0 Å². The van der Waals surface area contributed by atoms with E-state index in [1.807, 2.05) is 13.8 Å². The van der Waals surface area contributed by atoms with E-state index in [-0.39, 0.29) is 23.8 Å². The first-order chi connectivity index (χ1) is 11.1. The second-order valence-electron chi connectivity index (χ2n) is 5.88. The molecular formula is C15H22N4O3S. The Morgan fingerprint density at radius 1 is 1.48 bits per heavy atom. The van der Waals surface area contributed by atoms with Gasteiger partial charge in [-0.15, -0.1) is 0 Å². The highest BCUT2D eigenvalue weighted by atomic mass is 32.2. The number of aryl methyl sites for hydroxylation is 1. The molecule has 3 heterocycles. The topological polar surface area (TPSA) is 76.5 Å². The van der Waals surface area contributed by atoms with Crippen molar-refractivity contribution >= 4 is 23.7 Å². The zero-order chi connectivity index (χ0) is 16.4. The van der Waals surface area contributed by atoms with Gasteiger partial charge in [0.1, 0.15) is 0 Å². The Morgan fingerprint density at radius 3 is 2.96 bits per heavy atom. The zero-order valence-electron chi connectivity index (χ0n) is 13.5. The van der Waals surface area contributed by atoms with Gasteiger partial charge >= 0.3 is 6.03 Å².